The minimum atomic E-state index is 0.764. The lowest BCUT2D eigenvalue weighted by molar-refractivity contribution is 0.199. The fraction of sp³-hybridized carbons (Fsp3) is 0.786. The summed E-state index contributed by atoms with van der Waals surface area (Å²) in [7, 11) is 1.73. The van der Waals surface area contributed by atoms with Crippen LogP contribution in [0.15, 0.2) is 0 Å². The lowest BCUT2D eigenvalue weighted by Crippen LogP contribution is -2.21. The van der Waals surface area contributed by atoms with Crippen LogP contribution in [0.4, 0.5) is 0 Å². The summed E-state index contributed by atoms with van der Waals surface area (Å²) in [4.78, 5) is 8.61. The van der Waals surface area contributed by atoms with Crippen LogP contribution in [-0.4, -0.2) is 49.8 Å². The van der Waals surface area contributed by atoms with E-state index in [2.05, 4.69) is 17.1 Å². The summed E-state index contributed by atoms with van der Waals surface area (Å²) >= 11 is 1.86. The Morgan fingerprint density at radius 1 is 1.37 bits per heavy atom. The van der Waals surface area contributed by atoms with Gasteiger partial charge in [0.05, 0.1) is 17.3 Å². The van der Waals surface area contributed by atoms with Gasteiger partial charge in [-0.1, -0.05) is 0 Å². The molecule has 1 aromatic heterocycles. The monoisotopic (exact) mass is 283 g/mol. The van der Waals surface area contributed by atoms with Crippen molar-refractivity contribution in [3.05, 3.63) is 15.6 Å². The summed E-state index contributed by atoms with van der Waals surface area (Å²) < 4.78 is 5.03. The van der Waals surface area contributed by atoms with Crippen LogP contribution in [0.25, 0.3) is 0 Å². The number of aromatic nitrogens is 1. The van der Waals surface area contributed by atoms with Gasteiger partial charge in [0.1, 0.15) is 0 Å². The SMILES string of the molecule is COCCNCc1sc(CCN2CCCC2)nc1C. The Hall–Kier alpha value is -0.490. The van der Waals surface area contributed by atoms with E-state index in [9.17, 15) is 0 Å². The van der Waals surface area contributed by atoms with Crippen molar-refractivity contribution in [2.75, 3.05) is 39.9 Å². The molecule has 1 N–H and O–H groups in total. The lowest BCUT2D eigenvalue weighted by Gasteiger charge is -2.12. The maximum Gasteiger partial charge on any atom is 0.0944 e. The highest BCUT2D eigenvalue weighted by Crippen LogP contribution is 2.19. The Labute approximate surface area is 120 Å². The number of thiazole rings is 1. The first kappa shape index (κ1) is 14.9. The topological polar surface area (TPSA) is 37.4 Å². The Kier molecular flexibility index (Phi) is 6.23. The molecule has 0 spiro atoms. The van der Waals surface area contributed by atoms with E-state index in [1.807, 2.05) is 11.3 Å². The molecular formula is C14H25N3OS. The van der Waals surface area contributed by atoms with Crippen LogP contribution < -0.4 is 5.32 Å². The van der Waals surface area contributed by atoms with Gasteiger partial charge < -0.3 is 15.0 Å². The lowest BCUT2D eigenvalue weighted by atomic mass is 10.3. The molecule has 0 unspecified atom stereocenters. The van der Waals surface area contributed by atoms with Gasteiger partial charge in [-0.05, 0) is 32.9 Å². The van der Waals surface area contributed by atoms with Gasteiger partial charge in [-0.3, -0.25) is 0 Å². The summed E-state index contributed by atoms with van der Waals surface area (Å²) in [5, 5.41) is 4.67. The molecule has 1 aromatic rings. The number of aryl methyl sites for hydroxylation is 1. The molecule has 1 aliphatic rings. The quantitative estimate of drug-likeness (QED) is 0.739. The maximum absolute atomic E-state index is 5.03. The van der Waals surface area contributed by atoms with Gasteiger partial charge in [-0.2, -0.15) is 0 Å². The molecule has 19 heavy (non-hydrogen) atoms. The molecule has 2 rings (SSSR count). The number of hydrogen-bond acceptors (Lipinski definition) is 5. The fourth-order valence-electron chi connectivity index (χ4n) is 2.40. The molecule has 5 heteroatoms. The standard InChI is InChI=1S/C14H25N3OS/c1-12-13(11-15-6-10-18-2)19-14(16-12)5-9-17-7-3-4-8-17/h15H,3-11H2,1-2H3. The maximum atomic E-state index is 5.03. The van der Waals surface area contributed by atoms with Crippen molar-refractivity contribution in [3.8, 4) is 0 Å². The van der Waals surface area contributed by atoms with Crippen molar-refractivity contribution in [1.29, 1.82) is 0 Å². The Balaban J connectivity index is 1.75. The molecule has 108 valence electrons. The van der Waals surface area contributed by atoms with Crippen molar-refractivity contribution in [2.24, 2.45) is 0 Å². The normalized spacial score (nSPS) is 16.3. The number of likely N-dealkylation sites (tertiary alicyclic amines) is 1. The summed E-state index contributed by atoms with van der Waals surface area (Å²) in [6.07, 6.45) is 3.83. The minimum Gasteiger partial charge on any atom is -0.383 e. The van der Waals surface area contributed by atoms with E-state index in [1.54, 1.807) is 7.11 Å². The number of ether oxygens (including phenoxy) is 1. The molecule has 0 saturated carbocycles. The second-order valence-corrected chi connectivity index (χ2v) is 6.25. The van der Waals surface area contributed by atoms with E-state index in [4.69, 9.17) is 9.72 Å². The molecule has 1 saturated heterocycles. The molecule has 0 aliphatic carbocycles. The Morgan fingerprint density at radius 2 is 2.16 bits per heavy atom. The molecule has 0 aromatic carbocycles. The predicted octanol–water partition coefficient (Wildman–Crippen LogP) is 1.83. The molecule has 0 bridgehead atoms. The fourth-order valence-corrected chi connectivity index (χ4v) is 3.42. The number of methoxy groups -OCH3 is 1. The van der Waals surface area contributed by atoms with Gasteiger partial charge in [0.2, 0.25) is 0 Å². The summed E-state index contributed by atoms with van der Waals surface area (Å²) in [6, 6.07) is 0. The van der Waals surface area contributed by atoms with Gasteiger partial charge in [-0.25, -0.2) is 4.98 Å². The molecule has 0 radical (unpaired) electrons. The van der Waals surface area contributed by atoms with E-state index in [-0.39, 0.29) is 0 Å². The molecule has 1 fully saturated rings. The average Bonchev–Trinajstić information content (AvgIpc) is 3.02. The highest BCUT2D eigenvalue weighted by Gasteiger charge is 2.13. The van der Waals surface area contributed by atoms with E-state index >= 15 is 0 Å². The van der Waals surface area contributed by atoms with Crippen LogP contribution in [0, 0.1) is 6.92 Å². The Morgan fingerprint density at radius 3 is 2.89 bits per heavy atom. The molecular weight excluding hydrogens is 258 g/mol. The van der Waals surface area contributed by atoms with E-state index < -0.39 is 0 Å². The van der Waals surface area contributed by atoms with Crippen LogP contribution in [0.2, 0.25) is 0 Å². The summed E-state index contributed by atoms with van der Waals surface area (Å²) in [5.41, 5.74) is 1.19. The zero-order chi connectivity index (χ0) is 13.5. The minimum absolute atomic E-state index is 0.764. The van der Waals surface area contributed by atoms with Crippen molar-refractivity contribution in [2.45, 2.75) is 32.7 Å². The summed E-state index contributed by atoms with van der Waals surface area (Å²) in [6.45, 7) is 8.41. The summed E-state index contributed by atoms with van der Waals surface area (Å²) in [5.74, 6) is 0. The molecule has 2 heterocycles. The van der Waals surface area contributed by atoms with Crippen LogP contribution in [-0.2, 0) is 17.7 Å². The van der Waals surface area contributed by atoms with Crippen molar-refractivity contribution in [3.63, 3.8) is 0 Å². The van der Waals surface area contributed by atoms with Crippen LogP contribution in [0.5, 0.6) is 0 Å². The van der Waals surface area contributed by atoms with Crippen molar-refractivity contribution < 1.29 is 4.74 Å². The third kappa shape index (κ3) is 4.84. The van der Waals surface area contributed by atoms with Crippen molar-refractivity contribution in [1.82, 2.24) is 15.2 Å². The molecule has 1 aliphatic heterocycles. The number of rotatable bonds is 8. The number of hydrogen-bond donors (Lipinski definition) is 1. The second-order valence-electron chi connectivity index (χ2n) is 5.08. The largest absolute Gasteiger partial charge is 0.383 e. The van der Waals surface area contributed by atoms with Gasteiger partial charge in [0, 0.05) is 38.0 Å². The highest BCUT2D eigenvalue weighted by atomic mass is 32.1. The molecule has 0 atom stereocenters. The highest BCUT2D eigenvalue weighted by molar-refractivity contribution is 7.11. The Bertz CT molecular complexity index is 375. The number of nitrogens with zero attached hydrogens (tertiary/aromatic N) is 2. The predicted molar refractivity (Wildman–Crippen MR) is 79.8 cm³/mol. The average molecular weight is 283 g/mol. The zero-order valence-corrected chi connectivity index (χ0v) is 12.9. The third-order valence-corrected chi connectivity index (χ3v) is 4.76. The van der Waals surface area contributed by atoms with E-state index in [0.717, 1.165) is 26.1 Å². The second kappa shape index (κ2) is 7.94. The number of nitrogens with one attached hydrogen (secondary N) is 1. The first-order valence-electron chi connectivity index (χ1n) is 7.17. The smallest absolute Gasteiger partial charge is 0.0944 e. The van der Waals surface area contributed by atoms with E-state index in [0.29, 0.717) is 0 Å². The molecule has 4 nitrogen and oxygen atoms in total. The van der Waals surface area contributed by atoms with Crippen LogP contribution >= 0.6 is 11.3 Å². The van der Waals surface area contributed by atoms with Crippen LogP contribution in [0.1, 0.15) is 28.4 Å². The first-order chi connectivity index (χ1) is 9.29. The van der Waals surface area contributed by atoms with Gasteiger partial charge in [0.25, 0.3) is 0 Å². The van der Waals surface area contributed by atoms with Gasteiger partial charge >= 0.3 is 0 Å². The zero-order valence-electron chi connectivity index (χ0n) is 12.1. The van der Waals surface area contributed by atoms with Crippen molar-refractivity contribution >= 4 is 11.3 Å². The first-order valence-corrected chi connectivity index (χ1v) is 7.98. The molecule has 0 amide bonds. The van der Waals surface area contributed by atoms with E-state index in [1.165, 1.54) is 48.1 Å². The van der Waals surface area contributed by atoms with Gasteiger partial charge in [-0.15, -0.1) is 11.3 Å². The van der Waals surface area contributed by atoms with Crippen LogP contribution in [0.3, 0.4) is 0 Å². The third-order valence-electron chi connectivity index (χ3n) is 3.55. The van der Waals surface area contributed by atoms with Gasteiger partial charge in [0.15, 0.2) is 0 Å².